The molecule has 0 bridgehead atoms. The Balaban J connectivity index is 3.49. The van der Waals surface area contributed by atoms with Crippen molar-refractivity contribution >= 4 is 17.7 Å². The highest BCUT2D eigenvalue weighted by Gasteiger charge is 2.33. The Morgan fingerprint density at radius 1 is 1.33 bits per heavy atom. The van der Waals surface area contributed by atoms with E-state index in [9.17, 15) is 13.6 Å². The lowest BCUT2D eigenvalue weighted by molar-refractivity contribution is -0.143. The van der Waals surface area contributed by atoms with Gasteiger partial charge in [-0.05, 0) is 18.6 Å². The molecule has 1 atom stereocenters. The first kappa shape index (κ1) is 17.7. The summed E-state index contributed by atoms with van der Waals surface area (Å²) in [5.41, 5.74) is 0. The summed E-state index contributed by atoms with van der Waals surface area (Å²) >= 11 is 1.56. The summed E-state index contributed by atoms with van der Waals surface area (Å²) in [6.45, 7) is 5.40. The van der Waals surface area contributed by atoms with Gasteiger partial charge in [-0.1, -0.05) is 20.8 Å². The van der Waals surface area contributed by atoms with Gasteiger partial charge < -0.3 is 4.74 Å². The minimum absolute atomic E-state index is 0.104. The monoisotopic (exact) mass is 282 g/mol. The Morgan fingerprint density at radius 3 is 2.56 bits per heavy atom. The first-order chi connectivity index (χ1) is 8.44. The van der Waals surface area contributed by atoms with Gasteiger partial charge in [0.05, 0.1) is 0 Å². The van der Waals surface area contributed by atoms with Crippen LogP contribution in [-0.2, 0) is 9.53 Å². The molecular weight excluding hydrogens is 258 g/mol. The van der Waals surface area contributed by atoms with Gasteiger partial charge >= 0.3 is 5.97 Å². The predicted molar refractivity (Wildman–Crippen MR) is 72.2 cm³/mol. The number of ether oxygens (including phenoxy) is 1. The first-order valence-corrected chi connectivity index (χ1v) is 7.70. The molecule has 5 heteroatoms. The van der Waals surface area contributed by atoms with Crippen LogP contribution in [-0.4, -0.2) is 30.0 Å². The van der Waals surface area contributed by atoms with E-state index >= 15 is 0 Å². The third kappa shape index (κ3) is 7.90. The zero-order chi connectivity index (χ0) is 14.0. The van der Waals surface area contributed by atoms with Crippen molar-refractivity contribution in [2.24, 2.45) is 5.92 Å². The molecule has 0 N–H and O–H groups in total. The van der Waals surface area contributed by atoms with Crippen LogP contribution in [0.1, 0.15) is 46.5 Å². The molecule has 0 heterocycles. The summed E-state index contributed by atoms with van der Waals surface area (Å²) in [5.74, 6) is -1.96. The lowest BCUT2D eigenvalue weighted by Gasteiger charge is -2.21. The second-order valence-electron chi connectivity index (χ2n) is 4.39. The molecule has 0 fully saturated rings. The fraction of sp³-hybridized carbons (Fsp3) is 0.923. The smallest absolute Gasteiger partial charge is 0.305 e. The van der Waals surface area contributed by atoms with Crippen LogP contribution in [0.25, 0.3) is 0 Å². The fourth-order valence-corrected chi connectivity index (χ4v) is 2.34. The van der Waals surface area contributed by atoms with E-state index in [1.54, 1.807) is 18.7 Å². The van der Waals surface area contributed by atoms with Crippen molar-refractivity contribution in [3.8, 4) is 0 Å². The molecule has 0 aromatic rings. The maximum absolute atomic E-state index is 13.2. The molecule has 0 radical (unpaired) electrons. The minimum atomic E-state index is -2.56. The van der Waals surface area contributed by atoms with Gasteiger partial charge in [-0.15, -0.1) is 0 Å². The Labute approximate surface area is 113 Å². The van der Waals surface area contributed by atoms with E-state index in [-0.39, 0.29) is 12.4 Å². The molecule has 108 valence electrons. The molecule has 2 nitrogen and oxygen atoms in total. The van der Waals surface area contributed by atoms with Crippen LogP contribution in [0.2, 0.25) is 0 Å². The van der Waals surface area contributed by atoms with Crippen LogP contribution in [0.15, 0.2) is 0 Å². The van der Waals surface area contributed by atoms with Crippen LogP contribution in [0.4, 0.5) is 8.78 Å². The van der Waals surface area contributed by atoms with E-state index in [4.69, 9.17) is 4.74 Å². The van der Waals surface area contributed by atoms with Crippen molar-refractivity contribution < 1.29 is 18.3 Å². The van der Waals surface area contributed by atoms with Gasteiger partial charge in [0.15, 0.2) is 0 Å². The number of halogens is 2. The summed E-state index contributed by atoms with van der Waals surface area (Å²) in [4.78, 5) is 11.0. The first-order valence-electron chi connectivity index (χ1n) is 6.55. The molecule has 0 amide bonds. The standard InChI is InChI=1S/C13H24F2O2S/c1-4-6-12(16)17-8-10-18-9-7-11(3)13(14,15)5-2/h11H,4-10H2,1-3H3. The lowest BCUT2D eigenvalue weighted by atomic mass is 9.99. The Kier molecular flexibility index (Phi) is 9.42. The lowest BCUT2D eigenvalue weighted by Crippen LogP contribution is -2.25. The van der Waals surface area contributed by atoms with Crippen LogP contribution < -0.4 is 0 Å². The summed E-state index contributed by atoms with van der Waals surface area (Å²) in [6.07, 6.45) is 1.63. The highest BCUT2D eigenvalue weighted by atomic mass is 32.2. The van der Waals surface area contributed by atoms with Crippen molar-refractivity contribution in [3.63, 3.8) is 0 Å². The molecule has 0 saturated heterocycles. The van der Waals surface area contributed by atoms with E-state index in [1.807, 2.05) is 6.92 Å². The van der Waals surface area contributed by atoms with Gasteiger partial charge in [-0.3, -0.25) is 4.79 Å². The second-order valence-corrected chi connectivity index (χ2v) is 5.61. The van der Waals surface area contributed by atoms with Gasteiger partial charge in [0.25, 0.3) is 0 Å². The molecule has 0 aromatic heterocycles. The topological polar surface area (TPSA) is 26.3 Å². The minimum Gasteiger partial charge on any atom is -0.465 e. The summed E-state index contributed by atoms with van der Waals surface area (Å²) in [6, 6.07) is 0. The van der Waals surface area contributed by atoms with Gasteiger partial charge in [-0.25, -0.2) is 8.78 Å². The largest absolute Gasteiger partial charge is 0.465 e. The second kappa shape index (κ2) is 9.59. The normalized spacial score (nSPS) is 13.4. The molecule has 0 spiro atoms. The van der Waals surface area contributed by atoms with Gasteiger partial charge in [-0.2, -0.15) is 11.8 Å². The molecule has 0 aliphatic carbocycles. The SMILES string of the molecule is CCCC(=O)OCCSCCC(C)C(F)(F)CC. The highest BCUT2D eigenvalue weighted by Crippen LogP contribution is 2.30. The average molecular weight is 282 g/mol. The Hall–Kier alpha value is -0.320. The molecule has 0 aromatic carbocycles. The average Bonchev–Trinajstić information content (AvgIpc) is 2.33. The van der Waals surface area contributed by atoms with Crippen molar-refractivity contribution in [2.45, 2.75) is 52.4 Å². The number of thioether (sulfide) groups is 1. The van der Waals surface area contributed by atoms with Gasteiger partial charge in [0, 0.05) is 24.5 Å². The molecule has 18 heavy (non-hydrogen) atoms. The fourth-order valence-electron chi connectivity index (χ4n) is 1.41. The van der Waals surface area contributed by atoms with E-state index in [0.29, 0.717) is 31.0 Å². The number of hydrogen-bond acceptors (Lipinski definition) is 3. The van der Waals surface area contributed by atoms with Gasteiger partial charge in [0.1, 0.15) is 6.61 Å². The summed E-state index contributed by atoms with van der Waals surface area (Å²) < 4.78 is 31.4. The summed E-state index contributed by atoms with van der Waals surface area (Å²) in [7, 11) is 0. The molecule has 0 aliphatic heterocycles. The zero-order valence-corrected chi connectivity index (χ0v) is 12.3. The quantitative estimate of drug-likeness (QED) is 0.445. The van der Waals surface area contributed by atoms with Crippen LogP contribution in [0.3, 0.4) is 0 Å². The number of carbonyl (C=O) groups is 1. The van der Waals surface area contributed by atoms with Crippen molar-refractivity contribution in [3.05, 3.63) is 0 Å². The Bertz CT molecular complexity index is 235. The predicted octanol–water partition coefficient (Wildman–Crippen LogP) is 4.13. The molecule has 1 unspecified atom stereocenters. The van der Waals surface area contributed by atoms with Crippen LogP contribution in [0.5, 0.6) is 0 Å². The van der Waals surface area contributed by atoms with E-state index < -0.39 is 11.8 Å². The number of hydrogen-bond donors (Lipinski definition) is 0. The van der Waals surface area contributed by atoms with Crippen molar-refractivity contribution in [1.29, 1.82) is 0 Å². The number of rotatable bonds is 10. The van der Waals surface area contributed by atoms with E-state index in [2.05, 4.69) is 0 Å². The molecular formula is C13H24F2O2S. The van der Waals surface area contributed by atoms with Gasteiger partial charge in [0.2, 0.25) is 5.92 Å². The summed E-state index contributed by atoms with van der Waals surface area (Å²) in [5, 5.41) is 0. The third-order valence-corrected chi connectivity index (χ3v) is 3.81. The number of carbonyl (C=O) groups excluding carboxylic acids is 1. The maximum Gasteiger partial charge on any atom is 0.305 e. The Morgan fingerprint density at radius 2 is 2.00 bits per heavy atom. The van der Waals surface area contributed by atoms with E-state index in [1.165, 1.54) is 6.92 Å². The number of esters is 1. The highest BCUT2D eigenvalue weighted by molar-refractivity contribution is 7.99. The number of alkyl halides is 2. The van der Waals surface area contributed by atoms with Crippen LogP contribution in [0, 0.1) is 5.92 Å². The van der Waals surface area contributed by atoms with Crippen LogP contribution >= 0.6 is 11.8 Å². The zero-order valence-electron chi connectivity index (χ0n) is 11.5. The van der Waals surface area contributed by atoms with E-state index in [0.717, 1.165) is 6.42 Å². The molecule has 0 aliphatic rings. The van der Waals surface area contributed by atoms with Crippen molar-refractivity contribution in [2.75, 3.05) is 18.1 Å². The molecule has 0 rings (SSSR count). The maximum atomic E-state index is 13.2. The van der Waals surface area contributed by atoms with Crippen molar-refractivity contribution in [1.82, 2.24) is 0 Å². The molecule has 0 saturated carbocycles. The third-order valence-electron chi connectivity index (χ3n) is 2.83.